The first-order valence-electron chi connectivity index (χ1n) is 9.84. The van der Waals surface area contributed by atoms with Crippen molar-refractivity contribution in [3.8, 4) is 0 Å². The molecule has 1 fully saturated rings. The van der Waals surface area contributed by atoms with Gasteiger partial charge in [-0.05, 0) is 31.2 Å². The Hall–Kier alpha value is -2.57. The van der Waals surface area contributed by atoms with E-state index in [1.165, 1.54) is 20.4 Å². The van der Waals surface area contributed by atoms with Crippen molar-refractivity contribution in [1.29, 1.82) is 0 Å². The Morgan fingerprint density at radius 3 is 2.39 bits per heavy atom. The molecule has 7 heteroatoms. The fourth-order valence-corrected chi connectivity index (χ4v) is 3.26. The second-order valence-electron chi connectivity index (χ2n) is 7.40. The van der Waals surface area contributed by atoms with Gasteiger partial charge in [-0.2, -0.15) is 5.48 Å². The highest BCUT2D eigenvalue weighted by atomic mass is 16.7. The summed E-state index contributed by atoms with van der Waals surface area (Å²) in [6.07, 6.45) is 4.85. The van der Waals surface area contributed by atoms with Crippen molar-refractivity contribution in [1.82, 2.24) is 10.4 Å². The molecule has 0 aromatic heterocycles. The summed E-state index contributed by atoms with van der Waals surface area (Å²) in [4.78, 5) is 42.7. The Morgan fingerprint density at radius 2 is 1.75 bits per heavy atom. The molecule has 1 aromatic rings. The quantitative estimate of drug-likeness (QED) is 0.752. The predicted molar refractivity (Wildman–Crippen MR) is 104 cm³/mol. The zero-order valence-corrected chi connectivity index (χ0v) is 16.8. The number of rotatable bonds is 6. The Labute approximate surface area is 166 Å². The van der Waals surface area contributed by atoms with Gasteiger partial charge >= 0.3 is 12.1 Å². The number of likely N-dealkylation sites (N-methyl/N-ethyl adjacent to an activating group) is 1. The maximum absolute atomic E-state index is 12.2. The van der Waals surface area contributed by atoms with E-state index in [0.29, 0.717) is 5.92 Å². The van der Waals surface area contributed by atoms with Gasteiger partial charge in [0.05, 0.1) is 5.92 Å². The lowest BCUT2D eigenvalue weighted by atomic mass is 9.81. The van der Waals surface area contributed by atoms with Gasteiger partial charge in [-0.1, -0.05) is 56.5 Å². The minimum absolute atomic E-state index is 0.117. The Balaban J connectivity index is 1.75. The standard InChI is InChI=1S/C21H30N2O5/c1-15(18-12-8-5-9-13-18)20(25)28-22-19(24)16(2)23(3)21(26)27-14-17-10-6-4-7-11-17/h4,6-7,10-11,15-16,18H,5,8-9,12-14H2,1-3H3,(H,22,24)/t15-,16-/m0/s1. The normalized spacial score (nSPS) is 16.5. The van der Waals surface area contributed by atoms with Crippen molar-refractivity contribution in [3.63, 3.8) is 0 Å². The molecule has 1 N–H and O–H groups in total. The van der Waals surface area contributed by atoms with Crippen molar-refractivity contribution in [2.75, 3.05) is 7.05 Å². The minimum Gasteiger partial charge on any atom is -0.445 e. The van der Waals surface area contributed by atoms with Gasteiger partial charge in [0.1, 0.15) is 12.6 Å². The van der Waals surface area contributed by atoms with Crippen LogP contribution in [0.5, 0.6) is 0 Å². The summed E-state index contributed by atoms with van der Waals surface area (Å²) in [6.45, 7) is 3.49. The molecule has 1 aliphatic carbocycles. The molecule has 1 aliphatic rings. The van der Waals surface area contributed by atoms with Gasteiger partial charge in [0.2, 0.25) is 0 Å². The van der Waals surface area contributed by atoms with Crippen molar-refractivity contribution in [2.45, 2.75) is 58.6 Å². The average Bonchev–Trinajstić information content (AvgIpc) is 2.75. The number of hydrogen-bond acceptors (Lipinski definition) is 5. The van der Waals surface area contributed by atoms with Crippen LogP contribution in [0.2, 0.25) is 0 Å². The van der Waals surface area contributed by atoms with E-state index < -0.39 is 24.0 Å². The largest absolute Gasteiger partial charge is 0.445 e. The van der Waals surface area contributed by atoms with Gasteiger partial charge in [-0.3, -0.25) is 9.69 Å². The molecule has 1 aromatic carbocycles. The number of nitrogens with one attached hydrogen (secondary N) is 1. The molecule has 2 rings (SSSR count). The van der Waals surface area contributed by atoms with Crippen LogP contribution < -0.4 is 5.48 Å². The first kappa shape index (κ1) is 21.7. The number of benzene rings is 1. The Bertz CT molecular complexity index is 658. The number of hydrogen-bond donors (Lipinski definition) is 1. The predicted octanol–water partition coefficient (Wildman–Crippen LogP) is 3.43. The first-order valence-corrected chi connectivity index (χ1v) is 9.84. The van der Waals surface area contributed by atoms with Crippen LogP contribution in [0.15, 0.2) is 30.3 Å². The summed E-state index contributed by atoms with van der Waals surface area (Å²) in [5, 5.41) is 0. The van der Waals surface area contributed by atoms with E-state index in [1.807, 2.05) is 37.3 Å². The number of carbonyl (C=O) groups is 3. The van der Waals surface area contributed by atoms with E-state index in [0.717, 1.165) is 36.1 Å². The SMILES string of the molecule is C[C@H](C(=O)ONC(=O)[C@H](C)N(C)C(=O)OCc1ccccc1)C1CCCCC1. The van der Waals surface area contributed by atoms with Crippen molar-refractivity contribution in [3.05, 3.63) is 35.9 Å². The third-order valence-corrected chi connectivity index (χ3v) is 5.43. The van der Waals surface area contributed by atoms with Gasteiger partial charge in [0.25, 0.3) is 5.91 Å². The molecule has 2 atom stereocenters. The van der Waals surface area contributed by atoms with E-state index in [4.69, 9.17) is 9.57 Å². The van der Waals surface area contributed by atoms with Crippen LogP contribution >= 0.6 is 0 Å². The monoisotopic (exact) mass is 390 g/mol. The molecule has 7 nitrogen and oxygen atoms in total. The van der Waals surface area contributed by atoms with Crippen LogP contribution in [0.4, 0.5) is 4.79 Å². The Kier molecular flexibility index (Phi) is 8.29. The van der Waals surface area contributed by atoms with Gasteiger partial charge in [0.15, 0.2) is 0 Å². The summed E-state index contributed by atoms with van der Waals surface area (Å²) in [5.74, 6) is -0.985. The van der Waals surface area contributed by atoms with Crippen molar-refractivity contribution >= 4 is 18.0 Å². The van der Waals surface area contributed by atoms with Crippen LogP contribution in [0.1, 0.15) is 51.5 Å². The van der Waals surface area contributed by atoms with E-state index >= 15 is 0 Å². The molecule has 154 valence electrons. The number of amides is 2. The molecule has 0 spiro atoms. The molecule has 0 saturated heterocycles. The number of nitrogens with zero attached hydrogens (tertiary/aromatic N) is 1. The summed E-state index contributed by atoms with van der Waals surface area (Å²) in [7, 11) is 1.46. The smallest absolute Gasteiger partial charge is 0.410 e. The Morgan fingerprint density at radius 1 is 1.11 bits per heavy atom. The first-order chi connectivity index (χ1) is 13.4. The fourth-order valence-electron chi connectivity index (χ4n) is 3.26. The topological polar surface area (TPSA) is 84.9 Å². The maximum atomic E-state index is 12.2. The van der Waals surface area contributed by atoms with Crippen LogP contribution in [-0.2, 0) is 25.8 Å². The van der Waals surface area contributed by atoms with Gasteiger partial charge < -0.3 is 9.57 Å². The number of carbonyl (C=O) groups excluding carboxylic acids is 3. The maximum Gasteiger partial charge on any atom is 0.410 e. The highest BCUT2D eigenvalue weighted by Gasteiger charge is 2.29. The summed E-state index contributed by atoms with van der Waals surface area (Å²) in [5.41, 5.74) is 3.03. The lowest BCUT2D eigenvalue weighted by molar-refractivity contribution is -0.165. The van der Waals surface area contributed by atoms with Crippen LogP contribution in [0, 0.1) is 11.8 Å². The number of ether oxygens (including phenoxy) is 1. The van der Waals surface area contributed by atoms with E-state index in [-0.39, 0.29) is 12.5 Å². The van der Waals surface area contributed by atoms with Gasteiger partial charge in [-0.15, -0.1) is 0 Å². The molecule has 0 bridgehead atoms. The van der Waals surface area contributed by atoms with Gasteiger partial charge in [0, 0.05) is 7.05 Å². The summed E-state index contributed by atoms with van der Waals surface area (Å²) >= 11 is 0. The fraction of sp³-hybridized carbons (Fsp3) is 0.571. The molecule has 1 saturated carbocycles. The third-order valence-electron chi connectivity index (χ3n) is 5.43. The molecule has 28 heavy (non-hydrogen) atoms. The van der Waals surface area contributed by atoms with E-state index in [9.17, 15) is 14.4 Å². The molecule has 2 amide bonds. The second-order valence-corrected chi connectivity index (χ2v) is 7.40. The van der Waals surface area contributed by atoms with E-state index in [2.05, 4.69) is 5.48 Å². The van der Waals surface area contributed by atoms with E-state index in [1.54, 1.807) is 0 Å². The molecular formula is C21H30N2O5. The number of hydroxylamine groups is 1. The van der Waals surface area contributed by atoms with Crippen molar-refractivity contribution in [2.24, 2.45) is 11.8 Å². The highest BCUT2D eigenvalue weighted by Crippen LogP contribution is 2.30. The molecule has 0 radical (unpaired) electrons. The molecule has 0 heterocycles. The minimum atomic E-state index is -0.846. The van der Waals surface area contributed by atoms with Gasteiger partial charge in [-0.25, -0.2) is 9.59 Å². The summed E-state index contributed by atoms with van der Waals surface area (Å²) in [6, 6.07) is 8.42. The summed E-state index contributed by atoms with van der Waals surface area (Å²) < 4.78 is 5.20. The van der Waals surface area contributed by atoms with Crippen molar-refractivity contribution < 1.29 is 24.0 Å². The third kappa shape index (κ3) is 6.25. The molecule has 0 aliphatic heterocycles. The average molecular weight is 390 g/mol. The van der Waals surface area contributed by atoms with Crippen LogP contribution in [0.3, 0.4) is 0 Å². The van der Waals surface area contributed by atoms with Crippen LogP contribution in [-0.4, -0.2) is 36.0 Å². The zero-order chi connectivity index (χ0) is 20.5. The molecule has 0 unspecified atom stereocenters. The molecular weight excluding hydrogens is 360 g/mol. The van der Waals surface area contributed by atoms with Crippen LogP contribution in [0.25, 0.3) is 0 Å². The lowest BCUT2D eigenvalue weighted by Crippen LogP contribution is -2.47. The second kappa shape index (κ2) is 10.7. The highest BCUT2D eigenvalue weighted by molar-refractivity contribution is 5.85. The zero-order valence-electron chi connectivity index (χ0n) is 16.8. The lowest BCUT2D eigenvalue weighted by Gasteiger charge is -2.26.